The first-order chi connectivity index (χ1) is 11.2. The maximum absolute atomic E-state index is 11.9. The molecule has 1 heterocycles. The number of benzene rings is 2. The Morgan fingerprint density at radius 2 is 1.78 bits per heavy atom. The lowest BCUT2D eigenvalue weighted by atomic mass is 10.2. The number of ether oxygens (including phenoxy) is 1. The van der Waals surface area contributed by atoms with Gasteiger partial charge in [-0.25, -0.2) is 9.67 Å². The monoisotopic (exact) mass is 308 g/mol. The number of hydrogen-bond acceptors (Lipinski definition) is 4. The van der Waals surface area contributed by atoms with E-state index in [1.165, 1.54) is 0 Å². The third-order valence-corrected chi connectivity index (χ3v) is 3.39. The number of hydrogen-bond donors (Lipinski definition) is 1. The molecule has 0 spiro atoms. The second-order valence-corrected chi connectivity index (χ2v) is 4.81. The van der Waals surface area contributed by atoms with Crippen LogP contribution in [0.25, 0.3) is 17.1 Å². The van der Waals surface area contributed by atoms with Crippen molar-refractivity contribution in [2.24, 2.45) is 0 Å². The summed E-state index contributed by atoms with van der Waals surface area (Å²) in [6.45, 7) is 0. The second-order valence-electron chi connectivity index (χ2n) is 4.81. The summed E-state index contributed by atoms with van der Waals surface area (Å²) >= 11 is 0. The van der Waals surface area contributed by atoms with Crippen LogP contribution in [0.15, 0.2) is 54.6 Å². The Labute approximate surface area is 133 Å². The van der Waals surface area contributed by atoms with Crippen LogP contribution >= 0.6 is 0 Å². The molecule has 0 unspecified atom stereocenters. The number of rotatable bonds is 4. The van der Waals surface area contributed by atoms with Gasteiger partial charge in [0.25, 0.3) is 5.91 Å². The number of carbonyl (C=O) groups is 1. The molecular weight excluding hydrogens is 292 g/mol. The molecule has 0 atom stereocenters. The maximum Gasteiger partial charge on any atom is 0.290 e. The van der Waals surface area contributed by atoms with Crippen LogP contribution < -0.4 is 10.1 Å². The molecule has 1 N–H and O–H groups in total. The predicted octanol–water partition coefficient (Wildman–Crippen LogP) is 2.30. The zero-order valence-electron chi connectivity index (χ0n) is 12.9. The number of nitrogens with zero attached hydrogens (tertiary/aromatic N) is 3. The van der Waals surface area contributed by atoms with Crippen LogP contribution in [0.2, 0.25) is 0 Å². The normalized spacial score (nSPS) is 10.3. The average molecular weight is 308 g/mol. The fraction of sp³-hybridized carbons (Fsp3) is 0.118. The van der Waals surface area contributed by atoms with E-state index in [1.54, 1.807) is 18.8 Å². The summed E-state index contributed by atoms with van der Waals surface area (Å²) in [5, 5.41) is 6.88. The van der Waals surface area contributed by atoms with Crippen LogP contribution in [-0.2, 0) is 0 Å². The molecule has 0 aliphatic rings. The van der Waals surface area contributed by atoms with Gasteiger partial charge in [0.05, 0.1) is 12.8 Å². The quantitative estimate of drug-likeness (QED) is 0.803. The first-order valence-electron chi connectivity index (χ1n) is 7.12. The summed E-state index contributed by atoms with van der Waals surface area (Å²) < 4.78 is 6.82. The first kappa shape index (κ1) is 14.8. The molecule has 1 aromatic heterocycles. The van der Waals surface area contributed by atoms with Crippen LogP contribution in [-0.4, -0.2) is 34.8 Å². The zero-order chi connectivity index (χ0) is 16.2. The molecule has 3 aromatic rings. The summed E-state index contributed by atoms with van der Waals surface area (Å²) in [6.07, 6.45) is 0. The van der Waals surface area contributed by atoms with Crippen molar-refractivity contribution in [3.05, 3.63) is 60.4 Å². The summed E-state index contributed by atoms with van der Waals surface area (Å²) in [7, 11) is 3.17. The molecule has 116 valence electrons. The molecule has 0 saturated carbocycles. The fourth-order valence-corrected chi connectivity index (χ4v) is 2.20. The van der Waals surface area contributed by atoms with E-state index >= 15 is 0 Å². The smallest absolute Gasteiger partial charge is 0.290 e. The van der Waals surface area contributed by atoms with Crippen LogP contribution in [0.5, 0.6) is 5.75 Å². The van der Waals surface area contributed by atoms with Crippen molar-refractivity contribution >= 4 is 5.91 Å². The van der Waals surface area contributed by atoms with Crippen molar-refractivity contribution in [3.8, 4) is 22.8 Å². The van der Waals surface area contributed by atoms with E-state index in [-0.39, 0.29) is 11.7 Å². The summed E-state index contributed by atoms with van der Waals surface area (Å²) in [4.78, 5) is 16.3. The zero-order valence-corrected chi connectivity index (χ0v) is 12.9. The number of amides is 1. The average Bonchev–Trinajstić information content (AvgIpc) is 3.07. The summed E-state index contributed by atoms with van der Waals surface area (Å²) in [5.74, 6) is 1.16. The molecule has 0 fully saturated rings. The van der Waals surface area contributed by atoms with Gasteiger partial charge in [0.1, 0.15) is 5.75 Å². The molecule has 0 radical (unpaired) electrons. The Balaban J connectivity index is 2.13. The SMILES string of the molecule is CNC(=O)c1nc(-c2ccccc2)n(-c2ccc(OC)cc2)n1. The topological polar surface area (TPSA) is 69.0 Å². The van der Waals surface area contributed by atoms with Crippen molar-refractivity contribution in [3.63, 3.8) is 0 Å². The van der Waals surface area contributed by atoms with Gasteiger partial charge in [-0.05, 0) is 24.3 Å². The van der Waals surface area contributed by atoms with Crippen LogP contribution in [0, 0.1) is 0 Å². The Morgan fingerprint density at radius 3 is 2.39 bits per heavy atom. The molecule has 0 bridgehead atoms. The Morgan fingerprint density at radius 1 is 1.09 bits per heavy atom. The van der Waals surface area contributed by atoms with E-state index in [9.17, 15) is 4.79 Å². The Hall–Kier alpha value is -3.15. The highest BCUT2D eigenvalue weighted by atomic mass is 16.5. The molecule has 6 heteroatoms. The summed E-state index contributed by atoms with van der Waals surface area (Å²) in [5.41, 5.74) is 1.68. The predicted molar refractivity (Wildman–Crippen MR) is 86.7 cm³/mol. The molecule has 3 rings (SSSR count). The highest BCUT2D eigenvalue weighted by Gasteiger charge is 2.17. The Kier molecular flexibility index (Phi) is 4.05. The van der Waals surface area contributed by atoms with E-state index in [0.29, 0.717) is 5.82 Å². The maximum atomic E-state index is 11.9. The van der Waals surface area contributed by atoms with Gasteiger partial charge in [-0.3, -0.25) is 4.79 Å². The fourth-order valence-electron chi connectivity index (χ4n) is 2.20. The first-order valence-corrected chi connectivity index (χ1v) is 7.12. The van der Waals surface area contributed by atoms with Crippen molar-refractivity contribution in [2.75, 3.05) is 14.2 Å². The minimum atomic E-state index is -0.325. The largest absolute Gasteiger partial charge is 0.497 e. The number of nitrogens with one attached hydrogen (secondary N) is 1. The molecular formula is C17H16N4O2. The minimum Gasteiger partial charge on any atom is -0.497 e. The second kappa shape index (κ2) is 6.31. The number of carbonyl (C=O) groups excluding carboxylic acids is 1. The third-order valence-electron chi connectivity index (χ3n) is 3.39. The third kappa shape index (κ3) is 2.91. The van der Waals surface area contributed by atoms with Gasteiger partial charge in [0, 0.05) is 12.6 Å². The van der Waals surface area contributed by atoms with Gasteiger partial charge in [0.15, 0.2) is 5.82 Å². The summed E-state index contributed by atoms with van der Waals surface area (Å²) in [6, 6.07) is 17.0. The standard InChI is InChI=1S/C17H16N4O2/c1-18-17(22)15-19-16(12-6-4-3-5-7-12)21(20-15)13-8-10-14(23-2)11-9-13/h3-11H,1-2H3,(H,18,22). The minimum absolute atomic E-state index is 0.127. The van der Waals surface area contributed by atoms with Crippen molar-refractivity contribution in [1.29, 1.82) is 0 Å². The van der Waals surface area contributed by atoms with Crippen molar-refractivity contribution in [2.45, 2.75) is 0 Å². The van der Waals surface area contributed by atoms with Gasteiger partial charge >= 0.3 is 0 Å². The number of aromatic nitrogens is 3. The van der Waals surface area contributed by atoms with E-state index in [1.807, 2.05) is 54.6 Å². The lowest BCUT2D eigenvalue weighted by molar-refractivity contribution is 0.0953. The highest BCUT2D eigenvalue weighted by Crippen LogP contribution is 2.22. The molecule has 0 saturated heterocycles. The molecule has 0 aliphatic heterocycles. The van der Waals surface area contributed by atoms with Crippen molar-refractivity contribution < 1.29 is 9.53 Å². The molecule has 6 nitrogen and oxygen atoms in total. The number of methoxy groups -OCH3 is 1. The lowest BCUT2D eigenvalue weighted by Crippen LogP contribution is -2.19. The molecule has 23 heavy (non-hydrogen) atoms. The van der Waals surface area contributed by atoms with Crippen LogP contribution in [0.3, 0.4) is 0 Å². The van der Waals surface area contributed by atoms with Gasteiger partial charge in [-0.1, -0.05) is 30.3 Å². The van der Waals surface area contributed by atoms with Crippen molar-refractivity contribution in [1.82, 2.24) is 20.1 Å². The van der Waals surface area contributed by atoms with E-state index in [2.05, 4.69) is 15.4 Å². The van der Waals surface area contributed by atoms with E-state index < -0.39 is 0 Å². The molecule has 0 aliphatic carbocycles. The van der Waals surface area contributed by atoms with Gasteiger partial charge in [-0.2, -0.15) is 0 Å². The lowest BCUT2D eigenvalue weighted by Gasteiger charge is -2.06. The van der Waals surface area contributed by atoms with Gasteiger partial charge < -0.3 is 10.1 Å². The van der Waals surface area contributed by atoms with E-state index in [0.717, 1.165) is 17.0 Å². The highest BCUT2D eigenvalue weighted by molar-refractivity contribution is 5.90. The van der Waals surface area contributed by atoms with E-state index in [4.69, 9.17) is 4.74 Å². The van der Waals surface area contributed by atoms with Gasteiger partial charge in [-0.15, -0.1) is 5.10 Å². The van der Waals surface area contributed by atoms with Crippen LogP contribution in [0.1, 0.15) is 10.6 Å². The Bertz CT molecular complexity index is 810. The molecule has 2 aromatic carbocycles. The van der Waals surface area contributed by atoms with Crippen LogP contribution in [0.4, 0.5) is 0 Å². The molecule has 1 amide bonds. The van der Waals surface area contributed by atoms with Gasteiger partial charge in [0.2, 0.25) is 5.82 Å².